The molecule has 5 nitrogen and oxygen atoms in total. The Bertz CT molecular complexity index is 370. The average molecular weight is 214 g/mol. The summed E-state index contributed by atoms with van der Waals surface area (Å²) in [5.74, 6) is -0.606. The Balaban J connectivity index is 3.12. The minimum atomic E-state index is -1.09. The number of hydrogen-bond donors (Lipinski definition) is 2. The molecule has 0 saturated heterocycles. The first-order chi connectivity index (χ1) is 7.06. The molecule has 2 N–H and O–H groups in total. The summed E-state index contributed by atoms with van der Waals surface area (Å²) < 4.78 is 12.9. The monoisotopic (exact) mass is 214 g/mol. The van der Waals surface area contributed by atoms with Crippen LogP contribution in [-0.2, 0) is 0 Å². The average Bonchev–Trinajstić information content (AvgIpc) is 2.17. The van der Waals surface area contributed by atoms with Crippen molar-refractivity contribution in [2.75, 3.05) is 13.6 Å². The van der Waals surface area contributed by atoms with Gasteiger partial charge in [0.05, 0.1) is 16.6 Å². The van der Waals surface area contributed by atoms with E-state index in [9.17, 15) is 19.6 Å². The van der Waals surface area contributed by atoms with E-state index in [0.717, 1.165) is 18.2 Å². The topological polar surface area (TPSA) is 75.4 Å². The quantitative estimate of drug-likeness (QED) is 0.578. The molecule has 1 aromatic rings. The van der Waals surface area contributed by atoms with Crippen LogP contribution in [0, 0.1) is 15.9 Å². The Morgan fingerprint density at radius 2 is 2.33 bits per heavy atom. The van der Waals surface area contributed by atoms with Crippen LogP contribution in [0.2, 0.25) is 0 Å². The van der Waals surface area contributed by atoms with Crippen molar-refractivity contribution >= 4 is 5.69 Å². The number of nitro groups is 1. The zero-order valence-electron chi connectivity index (χ0n) is 8.11. The van der Waals surface area contributed by atoms with E-state index in [2.05, 4.69) is 5.32 Å². The third-order valence-electron chi connectivity index (χ3n) is 1.94. The lowest BCUT2D eigenvalue weighted by Gasteiger charge is -2.10. The largest absolute Gasteiger partial charge is 0.387 e. The number of halogens is 1. The maximum atomic E-state index is 12.9. The first-order valence-corrected chi connectivity index (χ1v) is 4.32. The van der Waals surface area contributed by atoms with Crippen molar-refractivity contribution in [2.45, 2.75) is 6.10 Å². The van der Waals surface area contributed by atoms with E-state index >= 15 is 0 Å². The molecule has 1 atom stereocenters. The summed E-state index contributed by atoms with van der Waals surface area (Å²) in [5, 5.41) is 22.8. The fourth-order valence-electron chi connectivity index (χ4n) is 1.26. The van der Waals surface area contributed by atoms with Crippen molar-refractivity contribution in [3.63, 3.8) is 0 Å². The fraction of sp³-hybridized carbons (Fsp3) is 0.333. The highest BCUT2D eigenvalue weighted by Gasteiger charge is 2.20. The normalized spacial score (nSPS) is 12.5. The summed E-state index contributed by atoms with van der Waals surface area (Å²) in [4.78, 5) is 9.95. The first kappa shape index (κ1) is 11.5. The van der Waals surface area contributed by atoms with Crippen molar-refractivity contribution in [1.29, 1.82) is 0 Å². The van der Waals surface area contributed by atoms with E-state index in [0.29, 0.717) is 0 Å². The van der Waals surface area contributed by atoms with E-state index in [1.807, 2.05) is 0 Å². The van der Waals surface area contributed by atoms with Crippen LogP contribution in [0.4, 0.5) is 10.1 Å². The lowest BCUT2D eigenvalue weighted by Crippen LogP contribution is -2.17. The standard InChI is InChI=1S/C9H11FN2O3/c1-11-5-9(13)7-4-6(10)2-3-8(7)12(14)15/h2-4,9,11,13H,5H2,1H3. The zero-order valence-corrected chi connectivity index (χ0v) is 8.11. The van der Waals surface area contributed by atoms with Crippen LogP contribution in [0.25, 0.3) is 0 Å². The van der Waals surface area contributed by atoms with Gasteiger partial charge in [0.2, 0.25) is 0 Å². The summed E-state index contributed by atoms with van der Waals surface area (Å²) in [6, 6.07) is 3.01. The molecule has 0 radical (unpaired) electrons. The van der Waals surface area contributed by atoms with E-state index in [-0.39, 0.29) is 17.8 Å². The van der Waals surface area contributed by atoms with Gasteiger partial charge in [-0.15, -0.1) is 0 Å². The van der Waals surface area contributed by atoms with Gasteiger partial charge in [-0.2, -0.15) is 0 Å². The van der Waals surface area contributed by atoms with Crippen LogP contribution in [0.15, 0.2) is 18.2 Å². The van der Waals surface area contributed by atoms with Gasteiger partial charge in [-0.3, -0.25) is 10.1 Å². The Morgan fingerprint density at radius 1 is 1.67 bits per heavy atom. The van der Waals surface area contributed by atoms with Gasteiger partial charge in [0, 0.05) is 12.6 Å². The Labute approximate surface area is 85.7 Å². The minimum absolute atomic E-state index is 0.0191. The van der Waals surface area contributed by atoms with Crippen LogP contribution in [0.1, 0.15) is 11.7 Å². The van der Waals surface area contributed by atoms with Crippen molar-refractivity contribution < 1.29 is 14.4 Å². The number of aliphatic hydroxyl groups is 1. The number of nitrogens with one attached hydrogen (secondary N) is 1. The smallest absolute Gasteiger partial charge is 0.275 e. The van der Waals surface area contributed by atoms with Crippen molar-refractivity contribution in [3.05, 3.63) is 39.7 Å². The second-order valence-electron chi connectivity index (χ2n) is 3.03. The van der Waals surface area contributed by atoms with E-state index in [1.165, 1.54) is 0 Å². The summed E-state index contributed by atoms with van der Waals surface area (Å²) in [6.45, 7) is 0.129. The lowest BCUT2D eigenvalue weighted by molar-refractivity contribution is -0.386. The maximum absolute atomic E-state index is 12.9. The van der Waals surface area contributed by atoms with Gasteiger partial charge >= 0.3 is 0 Å². The molecule has 1 unspecified atom stereocenters. The van der Waals surface area contributed by atoms with Gasteiger partial charge in [-0.1, -0.05) is 0 Å². The van der Waals surface area contributed by atoms with Gasteiger partial charge in [0.15, 0.2) is 0 Å². The van der Waals surface area contributed by atoms with Crippen LogP contribution in [0.3, 0.4) is 0 Å². The molecule has 6 heteroatoms. The number of nitrogens with zero attached hydrogens (tertiary/aromatic N) is 1. The fourth-order valence-corrected chi connectivity index (χ4v) is 1.26. The Kier molecular flexibility index (Phi) is 3.70. The van der Waals surface area contributed by atoms with Crippen molar-refractivity contribution in [1.82, 2.24) is 5.32 Å². The van der Waals surface area contributed by atoms with Gasteiger partial charge < -0.3 is 10.4 Å². The van der Waals surface area contributed by atoms with E-state index in [1.54, 1.807) is 7.05 Å². The van der Waals surface area contributed by atoms with Gasteiger partial charge in [-0.25, -0.2) is 4.39 Å². The van der Waals surface area contributed by atoms with Crippen molar-refractivity contribution in [2.24, 2.45) is 0 Å². The number of aliphatic hydroxyl groups excluding tert-OH is 1. The summed E-state index contributed by atoms with van der Waals surface area (Å²) >= 11 is 0. The number of hydrogen-bond acceptors (Lipinski definition) is 4. The Hall–Kier alpha value is -1.53. The van der Waals surface area contributed by atoms with E-state index < -0.39 is 16.8 Å². The molecule has 0 amide bonds. The molecule has 0 aliphatic carbocycles. The number of nitro benzene ring substituents is 1. The zero-order chi connectivity index (χ0) is 11.4. The van der Waals surface area contributed by atoms with Crippen LogP contribution < -0.4 is 5.32 Å². The molecule has 0 saturated carbocycles. The summed E-state index contributed by atoms with van der Waals surface area (Å²) in [7, 11) is 1.59. The second-order valence-corrected chi connectivity index (χ2v) is 3.03. The molecule has 0 bridgehead atoms. The van der Waals surface area contributed by atoms with Crippen LogP contribution in [-0.4, -0.2) is 23.6 Å². The predicted octanol–water partition coefficient (Wildman–Crippen LogP) is 0.987. The second kappa shape index (κ2) is 4.81. The number of benzene rings is 1. The SMILES string of the molecule is CNCC(O)c1cc(F)ccc1[N+](=O)[O-]. The Morgan fingerprint density at radius 3 is 2.87 bits per heavy atom. The minimum Gasteiger partial charge on any atom is -0.387 e. The molecule has 0 spiro atoms. The van der Waals surface area contributed by atoms with Gasteiger partial charge in [0.25, 0.3) is 5.69 Å². The molecular weight excluding hydrogens is 203 g/mol. The molecule has 1 aromatic carbocycles. The summed E-state index contributed by atoms with van der Waals surface area (Å²) in [5.41, 5.74) is -0.298. The molecule has 15 heavy (non-hydrogen) atoms. The number of rotatable bonds is 4. The predicted molar refractivity (Wildman–Crippen MR) is 51.9 cm³/mol. The molecule has 82 valence electrons. The van der Waals surface area contributed by atoms with E-state index in [4.69, 9.17) is 0 Å². The highest BCUT2D eigenvalue weighted by Crippen LogP contribution is 2.25. The molecule has 0 aromatic heterocycles. The van der Waals surface area contributed by atoms with Crippen LogP contribution in [0.5, 0.6) is 0 Å². The summed E-state index contributed by atoms with van der Waals surface area (Å²) in [6.07, 6.45) is -1.09. The molecule has 1 rings (SSSR count). The molecule has 0 aliphatic rings. The molecular formula is C9H11FN2O3. The molecule has 0 heterocycles. The lowest BCUT2D eigenvalue weighted by atomic mass is 10.1. The van der Waals surface area contributed by atoms with Gasteiger partial charge in [0.1, 0.15) is 5.82 Å². The molecule has 0 aliphatic heterocycles. The highest BCUT2D eigenvalue weighted by atomic mass is 19.1. The van der Waals surface area contributed by atoms with Gasteiger partial charge in [-0.05, 0) is 19.2 Å². The van der Waals surface area contributed by atoms with Crippen LogP contribution >= 0.6 is 0 Å². The molecule has 0 fully saturated rings. The van der Waals surface area contributed by atoms with Crippen molar-refractivity contribution in [3.8, 4) is 0 Å². The highest BCUT2D eigenvalue weighted by molar-refractivity contribution is 5.41. The first-order valence-electron chi connectivity index (χ1n) is 4.32. The third kappa shape index (κ3) is 2.71. The third-order valence-corrected chi connectivity index (χ3v) is 1.94. The maximum Gasteiger partial charge on any atom is 0.275 e. The number of likely N-dealkylation sites (N-methyl/N-ethyl adjacent to an activating group) is 1.